The van der Waals surface area contributed by atoms with E-state index in [9.17, 15) is 9.59 Å². The lowest BCUT2D eigenvalue weighted by atomic mass is 10.1. The summed E-state index contributed by atoms with van der Waals surface area (Å²) in [4.78, 5) is 24.6. The van der Waals surface area contributed by atoms with Gasteiger partial charge in [0.05, 0.1) is 12.7 Å². The summed E-state index contributed by atoms with van der Waals surface area (Å²) < 4.78 is 11.0. The molecular formula is C21H25N3O4. The third-order valence-corrected chi connectivity index (χ3v) is 4.50. The number of benzene rings is 2. The van der Waals surface area contributed by atoms with Crippen molar-refractivity contribution in [3.63, 3.8) is 0 Å². The molecule has 28 heavy (non-hydrogen) atoms. The monoisotopic (exact) mass is 383 g/mol. The second-order valence-electron chi connectivity index (χ2n) is 6.54. The van der Waals surface area contributed by atoms with Gasteiger partial charge < -0.3 is 25.8 Å². The molecule has 7 heteroatoms. The molecule has 0 bridgehead atoms. The molecule has 7 nitrogen and oxygen atoms in total. The molecule has 0 spiro atoms. The lowest BCUT2D eigenvalue weighted by Crippen LogP contribution is -2.29. The van der Waals surface area contributed by atoms with E-state index in [4.69, 9.17) is 15.2 Å². The van der Waals surface area contributed by atoms with E-state index in [0.717, 1.165) is 12.2 Å². The van der Waals surface area contributed by atoms with Crippen molar-refractivity contribution in [1.29, 1.82) is 0 Å². The van der Waals surface area contributed by atoms with Crippen molar-refractivity contribution in [2.24, 2.45) is 5.73 Å². The number of carbonyl (C=O) groups excluding carboxylic acids is 2. The van der Waals surface area contributed by atoms with Crippen molar-refractivity contribution in [2.45, 2.75) is 32.0 Å². The standard InChI is InChI=1S/C21H25N3O4/c1-2-27-17-9-7-16(8-10-17)23-20(25)14-3-5-15(6-4-14)24-21(26)19-12-11-18(13-22)28-19/h3-10,18-19H,2,11-13,22H2,1H3,(H,23,25)(H,24,26)/t18-,19+/m1/s1. The van der Waals surface area contributed by atoms with Crippen molar-refractivity contribution in [3.05, 3.63) is 54.1 Å². The van der Waals surface area contributed by atoms with E-state index >= 15 is 0 Å². The highest BCUT2D eigenvalue weighted by Crippen LogP contribution is 2.21. The van der Waals surface area contributed by atoms with Gasteiger partial charge in [-0.1, -0.05) is 0 Å². The fourth-order valence-corrected chi connectivity index (χ4v) is 3.00. The predicted molar refractivity (Wildman–Crippen MR) is 108 cm³/mol. The Kier molecular flexibility index (Phi) is 6.62. The number of rotatable bonds is 7. The van der Waals surface area contributed by atoms with Crippen molar-refractivity contribution < 1.29 is 19.1 Å². The third kappa shape index (κ3) is 5.09. The molecule has 1 heterocycles. The summed E-state index contributed by atoms with van der Waals surface area (Å²) in [7, 11) is 0. The summed E-state index contributed by atoms with van der Waals surface area (Å²) in [5, 5.41) is 5.64. The van der Waals surface area contributed by atoms with Crippen LogP contribution in [0.25, 0.3) is 0 Å². The molecule has 0 unspecified atom stereocenters. The zero-order chi connectivity index (χ0) is 19.9. The van der Waals surface area contributed by atoms with E-state index < -0.39 is 6.10 Å². The van der Waals surface area contributed by atoms with E-state index in [2.05, 4.69) is 10.6 Å². The number of nitrogens with one attached hydrogen (secondary N) is 2. The fourth-order valence-electron chi connectivity index (χ4n) is 3.00. The second kappa shape index (κ2) is 9.34. The largest absolute Gasteiger partial charge is 0.494 e. The summed E-state index contributed by atoms with van der Waals surface area (Å²) in [5.74, 6) is 0.333. The summed E-state index contributed by atoms with van der Waals surface area (Å²) in [6.07, 6.45) is 0.927. The molecule has 3 rings (SSSR count). The quantitative estimate of drug-likeness (QED) is 0.682. The molecule has 1 aliphatic heterocycles. The van der Waals surface area contributed by atoms with Crippen molar-refractivity contribution in [1.82, 2.24) is 0 Å². The molecule has 0 saturated carbocycles. The average molecular weight is 383 g/mol. The first-order valence-electron chi connectivity index (χ1n) is 9.39. The van der Waals surface area contributed by atoms with E-state index in [1.807, 2.05) is 6.92 Å². The first-order valence-corrected chi connectivity index (χ1v) is 9.39. The Hall–Kier alpha value is -2.90. The molecule has 2 atom stereocenters. The Bertz CT molecular complexity index is 805. The first kappa shape index (κ1) is 19.9. The molecule has 4 N–H and O–H groups in total. The number of carbonyl (C=O) groups is 2. The normalized spacial score (nSPS) is 18.5. The number of hydrogen-bond donors (Lipinski definition) is 3. The van der Waals surface area contributed by atoms with Crippen molar-refractivity contribution >= 4 is 23.2 Å². The number of ether oxygens (including phenoxy) is 2. The van der Waals surface area contributed by atoms with Crippen LogP contribution in [0.5, 0.6) is 5.75 Å². The molecule has 2 amide bonds. The third-order valence-electron chi connectivity index (χ3n) is 4.50. The van der Waals surface area contributed by atoms with Gasteiger partial charge in [-0.05, 0) is 68.3 Å². The van der Waals surface area contributed by atoms with Crippen LogP contribution in [-0.2, 0) is 9.53 Å². The van der Waals surface area contributed by atoms with Gasteiger partial charge in [-0.15, -0.1) is 0 Å². The van der Waals surface area contributed by atoms with Gasteiger partial charge in [-0.3, -0.25) is 9.59 Å². The van der Waals surface area contributed by atoms with Gasteiger partial charge in [0.25, 0.3) is 11.8 Å². The minimum absolute atomic E-state index is 0.0515. The highest BCUT2D eigenvalue weighted by atomic mass is 16.5. The Morgan fingerprint density at radius 1 is 1.04 bits per heavy atom. The van der Waals surface area contributed by atoms with Crippen LogP contribution in [0.2, 0.25) is 0 Å². The van der Waals surface area contributed by atoms with Gasteiger partial charge in [0.1, 0.15) is 11.9 Å². The first-order chi connectivity index (χ1) is 13.6. The van der Waals surface area contributed by atoms with E-state index in [1.165, 1.54) is 0 Å². The molecule has 1 saturated heterocycles. The molecule has 0 aliphatic carbocycles. The van der Waals surface area contributed by atoms with Crippen LogP contribution in [0.4, 0.5) is 11.4 Å². The van der Waals surface area contributed by atoms with E-state index in [-0.39, 0.29) is 17.9 Å². The number of nitrogens with two attached hydrogens (primary N) is 1. The number of anilines is 2. The van der Waals surface area contributed by atoms with Gasteiger partial charge in [0.2, 0.25) is 0 Å². The average Bonchev–Trinajstić information content (AvgIpc) is 3.20. The van der Waals surface area contributed by atoms with Crippen LogP contribution in [0.15, 0.2) is 48.5 Å². The molecule has 0 radical (unpaired) electrons. The number of hydrogen-bond acceptors (Lipinski definition) is 5. The fraction of sp³-hybridized carbons (Fsp3) is 0.333. The molecule has 148 valence electrons. The molecule has 0 aromatic heterocycles. The van der Waals surface area contributed by atoms with Crippen LogP contribution in [0, 0.1) is 0 Å². The van der Waals surface area contributed by atoms with Crippen LogP contribution in [0.1, 0.15) is 30.1 Å². The lowest BCUT2D eigenvalue weighted by molar-refractivity contribution is -0.126. The highest BCUT2D eigenvalue weighted by molar-refractivity contribution is 6.04. The van der Waals surface area contributed by atoms with E-state index in [1.54, 1.807) is 48.5 Å². The Labute approximate surface area is 164 Å². The second-order valence-corrected chi connectivity index (χ2v) is 6.54. The topological polar surface area (TPSA) is 103 Å². The van der Waals surface area contributed by atoms with Crippen LogP contribution >= 0.6 is 0 Å². The van der Waals surface area contributed by atoms with E-state index in [0.29, 0.717) is 36.5 Å². The van der Waals surface area contributed by atoms with Gasteiger partial charge >= 0.3 is 0 Å². The summed E-state index contributed by atoms with van der Waals surface area (Å²) in [6, 6.07) is 13.9. The van der Waals surface area contributed by atoms with Gasteiger partial charge in [0, 0.05) is 23.5 Å². The maximum atomic E-state index is 12.4. The molecule has 2 aromatic carbocycles. The minimum atomic E-state index is -0.476. The van der Waals surface area contributed by atoms with Gasteiger partial charge in [-0.2, -0.15) is 0 Å². The lowest BCUT2D eigenvalue weighted by Gasteiger charge is -2.13. The summed E-state index contributed by atoms with van der Waals surface area (Å²) >= 11 is 0. The molecular weight excluding hydrogens is 358 g/mol. The number of amides is 2. The van der Waals surface area contributed by atoms with Gasteiger partial charge in [-0.25, -0.2) is 0 Å². The van der Waals surface area contributed by atoms with Crippen molar-refractivity contribution in [2.75, 3.05) is 23.8 Å². The van der Waals surface area contributed by atoms with Crippen LogP contribution < -0.4 is 21.1 Å². The zero-order valence-corrected chi connectivity index (χ0v) is 15.8. The smallest absolute Gasteiger partial charge is 0.255 e. The molecule has 1 aliphatic rings. The van der Waals surface area contributed by atoms with Crippen LogP contribution in [0.3, 0.4) is 0 Å². The van der Waals surface area contributed by atoms with Gasteiger partial charge in [0.15, 0.2) is 0 Å². The zero-order valence-electron chi connectivity index (χ0n) is 15.8. The van der Waals surface area contributed by atoms with Crippen LogP contribution in [-0.4, -0.2) is 37.2 Å². The molecule has 2 aromatic rings. The molecule has 1 fully saturated rings. The minimum Gasteiger partial charge on any atom is -0.494 e. The Morgan fingerprint density at radius 2 is 1.68 bits per heavy atom. The highest BCUT2D eigenvalue weighted by Gasteiger charge is 2.29. The summed E-state index contributed by atoms with van der Waals surface area (Å²) in [6.45, 7) is 2.93. The maximum absolute atomic E-state index is 12.4. The summed E-state index contributed by atoms with van der Waals surface area (Å²) in [5.41, 5.74) is 7.35. The maximum Gasteiger partial charge on any atom is 0.255 e. The Balaban J connectivity index is 1.54. The Morgan fingerprint density at radius 3 is 2.29 bits per heavy atom. The van der Waals surface area contributed by atoms with Crippen molar-refractivity contribution in [3.8, 4) is 5.75 Å². The predicted octanol–water partition coefficient (Wildman–Crippen LogP) is 2.78. The SMILES string of the molecule is CCOc1ccc(NC(=O)c2ccc(NC(=O)[C@@H]3CC[C@H](CN)O3)cc2)cc1.